The average Bonchev–Trinajstić information content (AvgIpc) is 1.87. The smallest absolute Gasteiger partial charge is 0.158 e. The van der Waals surface area contributed by atoms with Crippen LogP contribution in [0, 0.1) is 5.92 Å². The first-order valence-corrected chi connectivity index (χ1v) is 5.71. The molecule has 0 aliphatic heterocycles. The van der Waals surface area contributed by atoms with E-state index in [1.165, 1.54) is 0 Å². The Morgan fingerprint density at radius 3 is 2.09 bits per heavy atom. The molecular formula is C7H14I2O2. The molecule has 2 nitrogen and oxygen atoms in total. The van der Waals surface area contributed by atoms with Crippen molar-refractivity contribution in [3.8, 4) is 0 Å². The lowest BCUT2D eigenvalue weighted by molar-refractivity contribution is -0.0346. The van der Waals surface area contributed by atoms with Gasteiger partial charge < -0.3 is 4.74 Å². The first-order valence-electron chi connectivity index (χ1n) is 3.58. The zero-order valence-corrected chi connectivity index (χ0v) is 11.3. The van der Waals surface area contributed by atoms with Gasteiger partial charge in [0, 0.05) is 3.92 Å². The summed E-state index contributed by atoms with van der Waals surface area (Å²) in [4.78, 5) is 0. The van der Waals surface area contributed by atoms with Gasteiger partial charge in [-0.2, -0.15) is 0 Å². The molecule has 0 rings (SSSR count). The van der Waals surface area contributed by atoms with Crippen LogP contribution in [0.5, 0.6) is 0 Å². The van der Waals surface area contributed by atoms with Crippen LogP contribution in [0.3, 0.4) is 0 Å². The van der Waals surface area contributed by atoms with E-state index in [0.717, 1.165) is 0 Å². The molecule has 0 amide bonds. The zero-order chi connectivity index (χ0) is 8.85. The van der Waals surface area contributed by atoms with Gasteiger partial charge in [0.25, 0.3) is 0 Å². The molecule has 68 valence electrons. The quantitative estimate of drug-likeness (QED) is 0.412. The van der Waals surface area contributed by atoms with Gasteiger partial charge >= 0.3 is 0 Å². The van der Waals surface area contributed by atoms with Crippen LogP contribution in [0.4, 0.5) is 0 Å². The Labute approximate surface area is 96.2 Å². The van der Waals surface area contributed by atoms with Crippen LogP contribution in [0.2, 0.25) is 0 Å². The van der Waals surface area contributed by atoms with E-state index in [-0.39, 0.29) is 0 Å². The predicted molar refractivity (Wildman–Crippen MR) is 63.2 cm³/mol. The summed E-state index contributed by atoms with van der Waals surface area (Å²) < 4.78 is 10.8. The van der Waals surface area contributed by atoms with Crippen molar-refractivity contribution in [2.24, 2.45) is 5.92 Å². The van der Waals surface area contributed by atoms with Gasteiger partial charge in [-0.3, -0.25) is 3.07 Å². The first kappa shape index (κ1) is 12.4. The van der Waals surface area contributed by atoms with Crippen molar-refractivity contribution in [2.45, 2.75) is 30.8 Å². The summed E-state index contributed by atoms with van der Waals surface area (Å²) >= 11 is 4.22. The van der Waals surface area contributed by atoms with Gasteiger partial charge in [-0.15, -0.1) is 0 Å². The van der Waals surface area contributed by atoms with Crippen molar-refractivity contribution in [2.75, 3.05) is 6.79 Å². The third-order valence-electron chi connectivity index (χ3n) is 1.41. The number of hydrogen-bond donors (Lipinski definition) is 0. The summed E-state index contributed by atoms with van der Waals surface area (Å²) in [5.41, 5.74) is 0. The number of rotatable bonds is 5. The molecule has 0 aliphatic rings. The average molecular weight is 384 g/mol. The topological polar surface area (TPSA) is 18.5 Å². The maximum Gasteiger partial charge on any atom is 0.158 e. The summed E-state index contributed by atoms with van der Waals surface area (Å²) in [6, 6.07) is 0. The van der Waals surface area contributed by atoms with E-state index >= 15 is 0 Å². The van der Waals surface area contributed by atoms with Crippen LogP contribution in [-0.2, 0) is 7.80 Å². The van der Waals surface area contributed by atoms with Crippen LogP contribution < -0.4 is 0 Å². The Balaban J connectivity index is 3.70. The van der Waals surface area contributed by atoms with Crippen molar-refractivity contribution in [1.82, 2.24) is 0 Å². The molecule has 11 heavy (non-hydrogen) atoms. The second-order valence-corrected chi connectivity index (χ2v) is 5.37. The minimum absolute atomic E-state index is 0.297. The largest absolute Gasteiger partial charge is 0.350 e. The highest BCUT2D eigenvalue weighted by molar-refractivity contribution is 14.1. The highest BCUT2D eigenvalue weighted by Gasteiger charge is 2.18. The lowest BCUT2D eigenvalue weighted by Gasteiger charge is -2.22. The Hall–Kier alpha value is 1.38. The van der Waals surface area contributed by atoms with Crippen LogP contribution in [0.1, 0.15) is 20.8 Å². The summed E-state index contributed by atoms with van der Waals surface area (Å²) in [7, 11) is 0. The Kier molecular flexibility index (Phi) is 7.71. The molecule has 4 heteroatoms. The van der Waals surface area contributed by atoms with E-state index in [0.29, 0.717) is 22.7 Å². The maximum absolute atomic E-state index is 5.48. The lowest BCUT2D eigenvalue weighted by atomic mass is 10.1. The summed E-state index contributed by atoms with van der Waals surface area (Å²) in [6.45, 7) is 6.86. The fourth-order valence-corrected chi connectivity index (χ4v) is 2.14. The van der Waals surface area contributed by atoms with Crippen LogP contribution in [0.15, 0.2) is 0 Å². The number of halogens is 2. The van der Waals surface area contributed by atoms with Gasteiger partial charge in [-0.1, -0.05) is 43.4 Å². The highest BCUT2D eigenvalue weighted by atomic mass is 127. The highest BCUT2D eigenvalue weighted by Crippen LogP contribution is 2.17. The first-order chi connectivity index (χ1) is 5.09. The van der Waals surface area contributed by atoms with Crippen molar-refractivity contribution < 1.29 is 7.80 Å². The Morgan fingerprint density at radius 1 is 1.27 bits per heavy atom. The molecule has 0 aromatic carbocycles. The van der Waals surface area contributed by atoms with E-state index in [4.69, 9.17) is 7.80 Å². The molecule has 2 unspecified atom stereocenters. The third-order valence-corrected chi connectivity index (χ3v) is 2.38. The molecule has 2 atom stereocenters. The minimum Gasteiger partial charge on any atom is -0.350 e. The number of ether oxygens (including phenoxy) is 1. The van der Waals surface area contributed by atoms with Crippen molar-refractivity contribution >= 4 is 45.6 Å². The normalized spacial score (nSPS) is 16.9. The molecule has 0 radical (unpaired) electrons. The fourth-order valence-electron chi connectivity index (χ4n) is 0.960. The second-order valence-electron chi connectivity index (χ2n) is 2.78. The minimum atomic E-state index is 0.297. The SMILES string of the molecule is CC(C)C(OCOI)C(C)I. The van der Waals surface area contributed by atoms with Crippen molar-refractivity contribution in [3.63, 3.8) is 0 Å². The molecule has 0 aliphatic carbocycles. The molecule has 0 fully saturated rings. The van der Waals surface area contributed by atoms with Gasteiger partial charge in [-0.05, 0) is 5.92 Å². The van der Waals surface area contributed by atoms with E-state index in [1.54, 1.807) is 0 Å². The molecule has 0 spiro atoms. The standard InChI is InChI=1S/C7H14I2O2/c1-5(2)7(6(3)8)10-4-11-9/h5-7H,4H2,1-3H3. The van der Waals surface area contributed by atoms with Gasteiger partial charge in [-0.25, -0.2) is 0 Å². The predicted octanol–water partition coefficient (Wildman–Crippen LogP) is 3.18. The van der Waals surface area contributed by atoms with E-state index in [9.17, 15) is 0 Å². The molecule has 0 aromatic rings. The van der Waals surface area contributed by atoms with Gasteiger partial charge in [0.1, 0.15) is 23.0 Å². The van der Waals surface area contributed by atoms with Crippen LogP contribution in [0.25, 0.3) is 0 Å². The van der Waals surface area contributed by atoms with Crippen LogP contribution >= 0.6 is 45.6 Å². The summed E-state index contributed by atoms with van der Waals surface area (Å²) in [5, 5.41) is 0. The fraction of sp³-hybridized carbons (Fsp3) is 1.00. The Bertz CT molecular complexity index is 88.4. The van der Waals surface area contributed by atoms with E-state index in [1.807, 2.05) is 23.0 Å². The zero-order valence-electron chi connectivity index (χ0n) is 7.01. The van der Waals surface area contributed by atoms with Gasteiger partial charge in [0.15, 0.2) is 6.79 Å². The van der Waals surface area contributed by atoms with Crippen molar-refractivity contribution in [1.29, 1.82) is 0 Å². The summed E-state index contributed by atoms with van der Waals surface area (Å²) in [6.07, 6.45) is 0.297. The van der Waals surface area contributed by atoms with E-state index in [2.05, 4.69) is 43.4 Å². The molecule has 0 aromatic heterocycles. The molecular weight excluding hydrogens is 370 g/mol. The summed E-state index contributed by atoms with van der Waals surface area (Å²) in [5.74, 6) is 0.549. The molecule has 0 heterocycles. The lowest BCUT2D eigenvalue weighted by Crippen LogP contribution is -2.28. The monoisotopic (exact) mass is 384 g/mol. The van der Waals surface area contributed by atoms with Crippen molar-refractivity contribution in [3.05, 3.63) is 0 Å². The van der Waals surface area contributed by atoms with Crippen LogP contribution in [-0.4, -0.2) is 16.8 Å². The maximum atomic E-state index is 5.48. The molecule has 0 bridgehead atoms. The molecule has 0 N–H and O–H groups in total. The Morgan fingerprint density at radius 2 is 1.82 bits per heavy atom. The number of alkyl halides is 1. The number of hydrogen-bond acceptors (Lipinski definition) is 2. The van der Waals surface area contributed by atoms with Gasteiger partial charge in [0.05, 0.1) is 6.10 Å². The molecule has 0 saturated heterocycles. The molecule has 0 saturated carbocycles. The van der Waals surface area contributed by atoms with E-state index < -0.39 is 0 Å². The second kappa shape index (κ2) is 6.85. The third kappa shape index (κ3) is 5.59. The van der Waals surface area contributed by atoms with Gasteiger partial charge in [0.2, 0.25) is 0 Å².